The average molecular weight is 261 g/mol. The Kier molecular flexibility index (Phi) is 5.79. The number of benzene rings is 1. The number of ether oxygens (including phenoxy) is 2. The zero-order valence-corrected chi connectivity index (χ0v) is 9.88. The zero-order valence-electron chi connectivity index (χ0n) is 9.07. The lowest BCUT2D eigenvalue weighted by Crippen LogP contribution is -2.12. The van der Waals surface area contributed by atoms with Gasteiger partial charge in [0.1, 0.15) is 24.0 Å². The van der Waals surface area contributed by atoms with Gasteiger partial charge in [0.05, 0.1) is 6.61 Å². The molecule has 0 unspecified atom stereocenters. The highest BCUT2D eigenvalue weighted by atomic mass is 32.1. The molecule has 1 aromatic carbocycles. The fourth-order valence-electron chi connectivity index (χ4n) is 1.11. The molecule has 0 fully saturated rings. The first-order valence-corrected chi connectivity index (χ1v) is 5.39. The molecular weight excluding hydrogens is 248 g/mol. The van der Waals surface area contributed by atoms with Gasteiger partial charge in [-0.3, -0.25) is 0 Å². The van der Waals surface area contributed by atoms with Gasteiger partial charge in [0.25, 0.3) is 6.43 Å². The van der Waals surface area contributed by atoms with Crippen LogP contribution >= 0.6 is 12.2 Å². The van der Waals surface area contributed by atoms with E-state index in [1.54, 1.807) is 24.3 Å². The van der Waals surface area contributed by atoms with Gasteiger partial charge in [-0.2, -0.15) is 0 Å². The topological polar surface area (TPSA) is 44.5 Å². The van der Waals surface area contributed by atoms with Crippen molar-refractivity contribution in [3.8, 4) is 5.75 Å². The Labute approximate surface area is 104 Å². The number of nitrogens with two attached hydrogens (primary N) is 1. The summed E-state index contributed by atoms with van der Waals surface area (Å²) < 4.78 is 33.4. The fourth-order valence-corrected chi connectivity index (χ4v) is 1.24. The van der Waals surface area contributed by atoms with Crippen LogP contribution in [0.3, 0.4) is 0 Å². The van der Waals surface area contributed by atoms with Crippen molar-refractivity contribution in [3.63, 3.8) is 0 Å². The molecule has 1 rings (SSSR count). The van der Waals surface area contributed by atoms with Gasteiger partial charge in [-0.25, -0.2) is 8.78 Å². The van der Waals surface area contributed by atoms with Crippen molar-refractivity contribution in [1.29, 1.82) is 0 Å². The summed E-state index contributed by atoms with van der Waals surface area (Å²) in [5.41, 5.74) is 6.18. The third-order valence-electron chi connectivity index (χ3n) is 1.88. The minimum absolute atomic E-state index is 0.126. The van der Waals surface area contributed by atoms with Crippen LogP contribution in [0.1, 0.15) is 5.56 Å². The standard InChI is InChI=1S/C11H13F2NO2S/c12-10(13)7-15-5-6-16-9-3-1-8(2-4-9)11(14)17/h1-4,10H,5-7H2,(H2,14,17). The predicted molar refractivity (Wildman–Crippen MR) is 64.6 cm³/mol. The molecule has 0 aromatic heterocycles. The van der Waals surface area contributed by atoms with Gasteiger partial charge in [0, 0.05) is 5.56 Å². The van der Waals surface area contributed by atoms with Gasteiger partial charge in [0.15, 0.2) is 0 Å². The molecule has 0 aliphatic heterocycles. The Hall–Kier alpha value is -1.27. The van der Waals surface area contributed by atoms with Crippen LogP contribution in [-0.2, 0) is 4.74 Å². The molecule has 0 bridgehead atoms. The van der Waals surface area contributed by atoms with Crippen LogP contribution in [0.4, 0.5) is 8.78 Å². The summed E-state index contributed by atoms with van der Waals surface area (Å²) in [6.45, 7) is -0.218. The quantitative estimate of drug-likeness (QED) is 0.602. The predicted octanol–water partition coefficient (Wildman–Crippen LogP) is 1.98. The number of alkyl halides is 2. The number of hydrogen-bond donors (Lipinski definition) is 1. The molecular formula is C11H13F2NO2S. The van der Waals surface area contributed by atoms with Gasteiger partial charge in [-0.05, 0) is 24.3 Å². The molecule has 0 aliphatic carbocycles. The SMILES string of the molecule is NC(=S)c1ccc(OCCOCC(F)F)cc1. The molecule has 0 atom stereocenters. The lowest BCUT2D eigenvalue weighted by molar-refractivity contribution is 0.00763. The van der Waals surface area contributed by atoms with Crippen LogP contribution in [0.25, 0.3) is 0 Å². The molecule has 94 valence electrons. The molecule has 0 saturated heterocycles. The molecule has 17 heavy (non-hydrogen) atoms. The number of rotatable bonds is 7. The normalized spacial score (nSPS) is 10.5. The van der Waals surface area contributed by atoms with E-state index in [2.05, 4.69) is 4.74 Å². The molecule has 0 heterocycles. The Morgan fingerprint density at radius 2 is 1.88 bits per heavy atom. The van der Waals surface area contributed by atoms with E-state index in [0.29, 0.717) is 10.7 Å². The van der Waals surface area contributed by atoms with Crippen molar-refractivity contribution in [2.24, 2.45) is 5.73 Å². The minimum Gasteiger partial charge on any atom is -0.491 e. The summed E-state index contributed by atoms with van der Waals surface area (Å²) in [6.07, 6.45) is -2.44. The third kappa shape index (κ3) is 5.55. The molecule has 2 N–H and O–H groups in total. The third-order valence-corrected chi connectivity index (χ3v) is 2.11. The van der Waals surface area contributed by atoms with E-state index in [-0.39, 0.29) is 13.2 Å². The first kappa shape index (κ1) is 13.8. The molecule has 6 heteroatoms. The van der Waals surface area contributed by atoms with Gasteiger partial charge >= 0.3 is 0 Å². The highest BCUT2D eigenvalue weighted by Crippen LogP contribution is 2.11. The summed E-state index contributed by atoms with van der Waals surface area (Å²) in [5, 5.41) is 0. The van der Waals surface area contributed by atoms with Crippen LogP contribution in [0.15, 0.2) is 24.3 Å². The second-order valence-electron chi connectivity index (χ2n) is 3.20. The summed E-state index contributed by atoms with van der Waals surface area (Å²) in [5.74, 6) is 0.616. The van der Waals surface area contributed by atoms with Gasteiger partial charge in [0.2, 0.25) is 0 Å². The first-order valence-electron chi connectivity index (χ1n) is 4.98. The minimum atomic E-state index is -2.44. The highest BCUT2D eigenvalue weighted by molar-refractivity contribution is 7.80. The van der Waals surface area contributed by atoms with Crippen LogP contribution in [0.5, 0.6) is 5.75 Å². The number of thiocarbonyl (C=S) groups is 1. The lowest BCUT2D eigenvalue weighted by atomic mass is 10.2. The molecule has 0 radical (unpaired) electrons. The largest absolute Gasteiger partial charge is 0.491 e. The Morgan fingerprint density at radius 1 is 1.24 bits per heavy atom. The van der Waals surface area contributed by atoms with Crippen LogP contribution in [0, 0.1) is 0 Å². The Bertz CT molecular complexity index is 357. The van der Waals surface area contributed by atoms with E-state index < -0.39 is 13.0 Å². The van der Waals surface area contributed by atoms with Gasteiger partial charge in [-0.15, -0.1) is 0 Å². The summed E-state index contributed by atoms with van der Waals surface area (Å²) >= 11 is 4.80. The van der Waals surface area contributed by atoms with Crippen molar-refractivity contribution >= 4 is 17.2 Å². The first-order chi connectivity index (χ1) is 8.09. The smallest absolute Gasteiger partial charge is 0.261 e. The van der Waals surface area contributed by atoms with Gasteiger partial charge in [-0.1, -0.05) is 12.2 Å². The van der Waals surface area contributed by atoms with E-state index in [1.165, 1.54) is 0 Å². The second-order valence-corrected chi connectivity index (χ2v) is 3.64. The lowest BCUT2D eigenvalue weighted by Gasteiger charge is -2.07. The highest BCUT2D eigenvalue weighted by Gasteiger charge is 2.01. The van der Waals surface area contributed by atoms with Crippen molar-refractivity contribution in [2.75, 3.05) is 19.8 Å². The average Bonchev–Trinajstić information content (AvgIpc) is 2.29. The number of hydrogen-bond acceptors (Lipinski definition) is 3. The maximum atomic E-state index is 11.7. The van der Waals surface area contributed by atoms with E-state index >= 15 is 0 Å². The zero-order chi connectivity index (χ0) is 12.7. The second kappa shape index (κ2) is 7.13. The molecule has 1 aromatic rings. The van der Waals surface area contributed by atoms with Crippen molar-refractivity contribution < 1.29 is 18.3 Å². The van der Waals surface area contributed by atoms with Crippen LogP contribution in [-0.4, -0.2) is 31.2 Å². The van der Waals surface area contributed by atoms with Gasteiger partial charge < -0.3 is 15.2 Å². The van der Waals surface area contributed by atoms with Crippen molar-refractivity contribution in [3.05, 3.63) is 29.8 Å². The van der Waals surface area contributed by atoms with E-state index in [0.717, 1.165) is 5.56 Å². The number of halogens is 2. The van der Waals surface area contributed by atoms with Crippen LogP contribution < -0.4 is 10.5 Å². The fraction of sp³-hybridized carbons (Fsp3) is 0.364. The Morgan fingerprint density at radius 3 is 2.41 bits per heavy atom. The summed E-state index contributed by atoms with van der Waals surface area (Å²) in [4.78, 5) is 0.316. The van der Waals surface area contributed by atoms with E-state index in [4.69, 9.17) is 22.7 Å². The summed E-state index contributed by atoms with van der Waals surface area (Å²) in [7, 11) is 0. The van der Waals surface area contributed by atoms with E-state index in [1.807, 2.05) is 0 Å². The van der Waals surface area contributed by atoms with Crippen molar-refractivity contribution in [2.45, 2.75) is 6.43 Å². The van der Waals surface area contributed by atoms with Crippen molar-refractivity contribution in [1.82, 2.24) is 0 Å². The molecule has 0 amide bonds. The molecule has 0 aliphatic rings. The Balaban J connectivity index is 2.25. The maximum absolute atomic E-state index is 11.7. The molecule has 3 nitrogen and oxygen atoms in total. The van der Waals surface area contributed by atoms with E-state index in [9.17, 15) is 8.78 Å². The molecule has 0 spiro atoms. The summed E-state index contributed by atoms with van der Waals surface area (Å²) in [6, 6.07) is 6.89. The van der Waals surface area contributed by atoms with Crippen LogP contribution in [0.2, 0.25) is 0 Å². The monoisotopic (exact) mass is 261 g/mol. The molecule has 0 saturated carbocycles. The maximum Gasteiger partial charge on any atom is 0.261 e.